The maximum Gasteiger partial charge on any atom is 0.260 e. The molecule has 3 fully saturated rings. The molecule has 5 rings (SSSR count). The molecule has 3 saturated carbocycles. The van der Waals surface area contributed by atoms with E-state index in [1.54, 1.807) is 19.1 Å². The van der Waals surface area contributed by atoms with Crippen LogP contribution in [0.2, 0.25) is 0 Å². The molecule has 4 aliphatic rings. The lowest BCUT2D eigenvalue weighted by atomic mass is 9.46. The minimum atomic E-state index is -1.17. The first-order chi connectivity index (χ1) is 18.1. The molecule has 0 heterocycles. The molecule has 0 spiro atoms. The Balaban J connectivity index is 1.16. The molecule has 0 aliphatic heterocycles. The van der Waals surface area contributed by atoms with Crippen LogP contribution in [-0.4, -0.2) is 46.4 Å². The Kier molecular flexibility index (Phi) is 7.18. The van der Waals surface area contributed by atoms with Crippen LogP contribution in [0.15, 0.2) is 41.1 Å². The number of rotatable bonds is 7. The molecule has 1 aromatic carbocycles. The van der Waals surface area contributed by atoms with Gasteiger partial charge in [-0.05, 0) is 112 Å². The molecule has 1 aromatic rings. The molecule has 0 aromatic heterocycles. The van der Waals surface area contributed by atoms with Gasteiger partial charge in [0, 0.05) is 12.0 Å². The van der Waals surface area contributed by atoms with Crippen LogP contribution >= 0.6 is 0 Å². The summed E-state index contributed by atoms with van der Waals surface area (Å²) in [5.41, 5.74) is 2.03. The number of carbonyl (C=O) groups is 2. The van der Waals surface area contributed by atoms with Gasteiger partial charge in [-0.2, -0.15) is 0 Å². The summed E-state index contributed by atoms with van der Waals surface area (Å²) in [6.45, 7) is 6.53. The Morgan fingerprint density at radius 1 is 1.05 bits per heavy atom. The van der Waals surface area contributed by atoms with E-state index in [0.717, 1.165) is 56.2 Å². The first-order valence-corrected chi connectivity index (χ1v) is 14.2. The molecule has 1 amide bonds. The number of Topliss-reactive ketones (excluding diaryl/α,β-unsaturated/α-hetero) is 1. The highest BCUT2D eigenvalue weighted by molar-refractivity contribution is 5.96. The first-order valence-electron chi connectivity index (χ1n) is 14.2. The third kappa shape index (κ3) is 4.57. The monoisotopic (exact) mass is 522 g/mol. The maximum absolute atomic E-state index is 12.4. The lowest BCUT2D eigenvalue weighted by Gasteiger charge is -2.59. The molecule has 0 radical (unpaired) electrons. The summed E-state index contributed by atoms with van der Waals surface area (Å²) in [5.74, 6) is 1.48. The van der Waals surface area contributed by atoms with Crippen LogP contribution < -0.4 is 5.32 Å². The summed E-state index contributed by atoms with van der Waals surface area (Å²) < 4.78 is 0. The molecule has 7 nitrogen and oxygen atoms in total. The van der Waals surface area contributed by atoms with Crippen LogP contribution in [0.4, 0.5) is 0 Å². The lowest BCUT2D eigenvalue weighted by Crippen LogP contribution is -2.57. The van der Waals surface area contributed by atoms with Gasteiger partial charge in [0.25, 0.3) is 5.91 Å². The van der Waals surface area contributed by atoms with Crippen molar-refractivity contribution in [2.45, 2.75) is 84.2 Å². The number of nitrogens with zero attached hydrogens (tertiary/aromatic N) is 1. The normalized spacial score (nSPS) is 37.0. The molecular weight excluding hydrogens is 480 g/mol. The number of carbonyl (C=O) groups excluding carboxylic acids is 2. The van der Waals surface area contributed by atoms with Gasteiger partial charge in [0.2, 0.25) is 0 Å². The fourth-order valence-corrected chi connectivity index (χ4v) is 8.47. The van der Waals surface area contributed by atoms with Crippen molar-refractivity contribution in [3.8, 4) is 5.75 Å². The van der Waals surface area contributed by atoms with E-state index >= 15 is 0 Å². The number of phenols is 1. The van der Waals surface area contributed by atoms with Gasteiger partial charge in [-0.3, -0.25) is 9.59 Å². The summed E-state index contributed by atoms with van der Waals surface area (Å²) in [7, 11) is 0. The third-order valence-electron chi connectivity index (χ3n) is 10.8. The summed E-state index contributed by atoms with van der Waals surface area (Å²) in [6.07, 6.45) is 10.3. The molecule has 0 bridgehead atoms. The number of oxime groups is 1. The van der Waals surface area contributed by atoms with E-state index in [1.165, 1.54) is 5.57 Å². The number of amides is 1. The SMILES string of the molecule is CC(=O)[C@]1(O)CC[C@@H]2[C@H]3CCC4=C/C(=N/OCC(=O)NCCc5ccc(O)cc5)CC[C@@]4(C)[C@@H]3CC[C@]21C. The zero-order chi connectivity index (χ0) is 27.1. The van der Waals surface area contributed by atoms with Crippen molar-refractivity contribution >= 4 is 17.4 Å². The quantitative estimate of drug-likeness (QED) is 0.450. The van der Waals surface area contributed by atoms with Crippen LogP contribution in [0, 0.1) is 28.6 Å². The van der Waals surface area contributed by atoms with Crippen LogP contribution in [-0.2, 0) is 20.8 Å². The second kappa shape index (κ2) is 10.1. The van der Waals surface area contributed by atoms with Gasteiger partial charge in [-0.25, -0.2) is 0 Å². The minimum absolute atomic E-state index is 0.0619. The number of aliphatic hydroxyl groups is 1. The van der Waals surface area contributed by atoms with Crippen LogP contribution in [0.25, 0.3) is 0 Å². The van der Waals surface area contributed by atoms with Gasteiger partial charge in [-0.15, -0.1) is 0 Å². The molecule has 3 N–H and O–H groups in total. The van der Waals surface area contributed by atoms with Crippen LogP contribution in [0.1, 0.15) is 77.7 Å². The number of hydrogen-bond acceptors (Lipinski definition) is 6. The number of nitrogens with one attached hydrogen (secondary N) is 1. The molecule has 0 unspecified atom stereocenters. The van der Waals surface area contributed by atoms with Crippen molar-refractivity contribution in [1.82, 2.24) is 5.32 Å². The van der Waals surface area contributed by atoms with E-state index in [-0.39, 0.29) is 34.9 Å². The Bertz CT molecular complexity index is 1140. The summed E-state index contributed by atoms with van der Waals surface area (Å²) in [4.78, 5) is 30.0. The standard InChI is InChI=1S/C31H42N2O5/c1-20(34)31(37)16-12-27-25-9-6-22-18-23(10-14-29(22,2)26(25)11-15-30(27,31)3)33-38-19-28(36)32-17-13-21-4-7-24(35)8-5-21/h4-5,7-8,18,25-27,35,37H,6,9-17,19H2,1-3H3,(H,32,36)/b33-23+/t25-,26+,27+,29+,30+,31+/m0/s1. The van der Waals surface area contributed by atoms with Gasteiger partial charge in [0.15, 0.2) is 12.4 Å². The molecule has 38 heavy (non-hydrogen) atoms. The predicted octanol–water partition coefficient (Wildman–Crippen LogP) is 4.71. The Hall–Kier alpha value is -2.67. The van der Waals surface area contributed by atoms with E-state index in [9.17, 15) is 19.8 Å². The van der Waals surface area contributed by atoms with Crippen LogP contribution in [0.3, 0.4) is 0 Å². The van der Waals surface area contributed by atoms with Gasteiger partial charge < -0.3 is 20.4 Å². The lowest BCUT2D eigenvalue weighted by molar-refractivity contribution is -0.159. The van der Waals surface area contributed by atoms with Gasteiger partial charge in [0.05, 0.1) is 5.71 Å². The van der Waals surface area contributed by atoms with Crippen molar-refractivity contribution in [2.24, 2.45) is 33.7 Å². The number of fused-ring (bicyclic) bond motifs is 5. The third-order valence-corrected chi connectivity index (χ3v) is 10.8. The number of ketones is 1. The van der Waals surface area contributed by atoms with E-state index in [4.69, 9.17) is 4.84 Å². The molecule has 6 atom stereocenters. The highest BCUT2D eigenvalue weighted by atomic mass is 16.6. The molecular formula is C31H42N2O5. The smallest absolute Gasteiger partial charge is 0.260 e. The summed E-state index contributed by atoms with van der Waals surface area (Å²) in [6, 6.07) is 6.96. The minimum Gasteiger partial charge on any atom is -0.508 e. The average molecular weight is 523 g/mol. The fourth-order valence-electron chi connectivity index (χ4n) is 8.47. The molecule has 4 aliphatic carbocycles. The van der Waals surface area contributed by atoms with Gasteiger partial charge >= 0.3 is 0 Å². The second-order valence-electron chi connectivity index (χ2n) is 12.5. The largest absolute Gasteiger partial charge is 0.508 e. The summed E-state index contributed by atoms with van der Waals surface area (Å²) >= 11 is 0. The highest BCUT2D eigenvalue weighted by Gasteiger charge is 2.65. The zero-order valence-corrected chi connectivity index (χ0v) is 23.0. The molecule has 0 saturated heterocycles. The van der Waals surface area contributed by atoms with Crippen LogP contribution in [0.5, 0.6) is 5.75 Å². The molecule has 206 valence electrons. The number of allylic oxidation sites excluding steroid dienone is 2. The van der Waals surface area contributed by atoms with E-state index in [0.29, 0.717) is 37.1 Å². The highest BCUT2D eigenvalue weighted by Crippen LogP contribution is 2.67. The number of phenolic OH excluding ortho intramolecular Hbond substituents is 1. The average Bonchev–Trinajstić information content (AvgIpc) is 3.17. The van der Waals surface area contributed by atoms with Crippen molar-refractivity contribution in [1.29, 1.82) is 0 Å². The van der Waals surface area contributed by atoms with Gasteiger partial charge in [0.1, 0.15) is 11.4 Å². The van der Waals surface area contributed by atoms with Crippen molar-refractivity contribution in [3.05, 3.63) is 41.5 Å². The Morgan fingerprint density at radius 3 is 2.53 bits per heavy atom. The van der Waals surface area contributed by atoms with E-state index in [1.807, 2.05) is 12.1 Å². The number of hydrogen-bond donors (Lipinski definition) is 3. The van der Waals surface area contributed by atoms with Crippen molar-refractivity contribution in [3.63, 3.8) is 0 Å². The zero-order valence-electron chi connectivity index (χ0n) is 23.0. The van der Waals surface area contributed by atoms with Crippen molar-refractivity contribution < 1.29 is 24.6 Å². The number of aromatic hydroxyl groups is 1. The topological polar surface area (TPSA) is 108 Å². The van der Waals surface area contributed by atoms with E-state index in [2.05, 4.69) is 30.4 Å². The number of benzene rings is 1. The maximum atomic E-state index is 12.4. The Labute approximate surface area is 225 Å². The Morgan fingerprint density at radius 2 is 1.79 bits per heavy atom. The van der Waals surface area contributed by atoms with Gasteiger partial charge in [-0.1, -0.05) is 36.7 Å². The van der Waals surface area contributed by atoms with Crippen molar-refractivity contribution in [2.75, 3.05) is 13.2 Å². The molecule has 7 heteroatoms. The fraction of sp³-hybridized carbons (Fsp3) is 0.645. The predicted molar refractivity (Wildman–Crippen MR) is 146 cm³/mol. The van der Waals surface area contributed by atoms with E-state index < -0.39 is 5.60 Å². The second-order valence-corrected chi connectivity index (χ2v) is 12.5. The first kappa shape index (κ1) is 26.9. The summed E-state index contributed by atoms with van der Waals surface area (Å²) in [5, 5.41) is 27.9.